The number of rotatable bonds is 6. The van der Waals surface area contributed by atoms with Crippen molar-refractivity contribution in [2.24, 2.45) is 0 Å². The lowest BCUT2D eigenvalue weighted by Gasteiger charge is -2.23. The Balaban J connectivity index is 2.60. The second-order valence-electron chi connectivity index (χ2n) is 5.33. The average Bonchev–Trinajstić information content (AvgIpc) is 2.54. The van der Waals surface area contributed by atoms with Crippen molar-refractivity contribution in [1.82, 2.24) is 0 Å². The van der Waals surface area contributed by atoms with E-state index in [2.05, 4.69) is 0 Å². The van der Waals surface area contributed by atoms with Crippen LogP contribution in [0, 0.1) is 6.92 Å². The lowest BCUT2D eigenvalue weighted by molar-refractivity contribution is 0.0651. The predicted molar refractivity (Wildman–Crippen MR) is 91.7 cm³/mol. The van der Waals surface area contributed by atoms with Gasteiger partial charge < -0.3 is 10.2 Å². The third-order valence-corrected chi connectivity index (χ3v) is 5.52. The van der Waals surface area contributed by atoms with Gasteiger partial charge in [-0.3, -0.25) is 4.31 Å². The summed E-state index contributed by atoms with van der Waals surface area (Å²) in [4.78, 5) is 22.1. The molecule has 0 atom stereocenters. The zero-order chi connectivity index (χ0) is 18.8. The van der Waals surface area contributed by atoms with Crippen LogP contribution in [0.5, 0.6) is 0 Å². The van der Waals surface area contributed by atoms with Gasteiger partial charge in [0.2, 0.25) is 0 Å². The quantitative estimate of drug-likeness (QED) is 0.816. The number of nitrogens with zero attached hydrogens (tertiary/aromatic N) is 1. The molecule has 0 heterocycles. The molecule has 0 amide bonds. The normalized spacial score (nSPS) is 11.1. The summed E-state index contributed by atoms with van der Waals surface area (Å²) in [7, 11) is -4.04. The molecule has 0 aliphatic carbocycles. The van der Waals surface area contributed by atoms with E-state index in [4.69, 9.17) is 5.11 Å². The van der Waals surface area contributed by atoms with Crippen LogP contribution >= 0.6 is 0 Å². The van der Waals surface area contributed by atoms with Crippen LogP contribution in [0.3, 0.4) is 0 Å². The van der Waals surface area contributed by atoms with E-state index >= 15 is 0 Å². The zero-order valence-electron chi connectivity index (χ0n) is 13.6. The molecule has 0 bridgehead atoms. The van der Waals surface area contributed by atoms with Crippen LogP contribution in [-0.2, 0) is 10.0 Å². The van der Waals surface area contributed by atoms with E-state index in [1.54, 1.807) is 25.1 Å². The van der Waals surface area contributed by atoms with Crippen molar-refractivity contribution in [3.8, 4) is 0 Å². The van der Waals surface area contributed by atoms with Gasteiger partial charge >= 0.3 is 11.9 Å². The van der Waals surface area contributed by atoms with E-state index in [1.807, 2.05) is 13.0 Å². The molecule has 0 aliphatic rings. The van der Waals surface area contributed by atoms with E-state index in [9.17, 15) is 23.1 Å². The zero-order valence-corrected chi connectivity index (χ0v) is 14.4. The second-order valence-corrected chi connectivity index (χ2v) is 7.19. The van der Waals surface area contributed by atoms with Crippen LogP contribution in [0.2, 0.25) is 0 Å². The number of aromatic carboxylic acids is 2. The maximum absolute atomic E-state index is 12.9. The number of carboxylic acid groups (broad SMARTS) is 2. The first-order valence-corrected chi connectivity index (χ1v) is 8.82. The SMILES string of the molecule is CCN(c1cccc(C)c1)S(=O)(=O)c1ccc(C(=O)O)c(C(=O)O)c1. The molecular formula is C17H17NO6S. The van der Waals surface area contributed by atoms with Gasteiger partial charge in [0, 0.05) is 6.54 Å². The summed E-state index contributed by atoms with van der Waals surface area (Å²) in [6.07, 6.45) is 0. The van der Waals surface area contributed by atoms with Crippen molar-refractivity contribution in [3.05, 3.63) is 59.2 Å². The highest BCUT2D eigenvalue weighted by Gasteiger charge is 2.26. The third kappa shape index (κ3) is 3.63. The Labute approximate surface area is 145 Å². The fraction of sp³-hybridized carbons (Fsp3) is 0.176. The molecule has 25 heavy (non-hydrogen) atoms. The molecule has 132 valence electrons. The number of sulfonamides is 1. The van der Waals surface area contributed by atoms with Gasteiger partial charge in [-0.25, -0.2) is 18.0 Å². The Morgan fingerprint density at radius 1 is 1.00 bits per heavy atom. The summed E-state index contributed by atoms with van der Waals surface area (Å²) >= 11 is 0. The molecule has 0 saturated heterocycles. The minimum Gasteiger partial charge on any atom is -0.478 e. The van der Waals surface area contributed by atoms with Crippen molar-refractivity contribution in [2.45, 2.75) is 18.7 Å². The van der Waals surface area contributed by atoms with Gasteiger partial charge in [-0.2, -0.15) is 0 Å². The van der Waals surface area contributed by atoms with Crippen LogP contribution in [-0.4, -0.2) is 37.1 Å². The first-order valence-electron chi connectivity index (χ1n) is 7.38. The van der Waals surface area contributed by atoms with E-state index in [0.29, 0.717) is 5.69 Å². The summed E-state index contributed by atoms with van der Waals surface area (Å²) in [6.45, 7) is 3.62. The summed E-state index contributed by atoms with van der Waals surface area (Å²) < 4.78 is 27.0. The molecule has 2 aromatic rings. The molecule has 0 aromatic heterocycles. The Hall–Kier alpha value is -2.87. The van der Waals surface area contributed by atoms with Gasteiger partial charge in [-0.05, 0) is 49.7 Å². The Bertz CT molecular complexity index is 936. The number of hydrogen-bond acceptors (Lipinski definition) is 4. The largest absolute Gasteiger partial charge is 0.478 e. The molecule has 0 fully saturated rings. The van der Waals surface area contributed by atoms with Crippen LogP contribution in [0.1, 0.15) is 33.2 Å². The molecule has 2 aromatic carbocycles. The van der Waals surface area contributed by atoms with Crippen molar-refractivity contribution in [3.63, 3.8) is 0 Å². The Morgan fingerprint density at radius 3 is 2.16 bits per heavy atom. The second kappa shape index (κ2) is 6.94. The molecule has 0 unspecified atom stereocenters. The van der Waals surface area contributed by atoms with Crippen LogP contribution in [0.15, 0.2) is 47.4 Å². The van der Waals surface area contributed by atoms with E-state index < -0.39 is 33.1 Å². The molecular weight excluding hydrogens is 346 g/mol. The molecule has 8 heteroatoms. The fourth-order valence-corrected chi connectivity index (χ4v) is 3.94. The highest BCUT2D eigenvalue weighted by Crippen LogP contribution is 2.26. The van der Waals surface area contributed by atoms with Gasteiger partial charge in [0.15, 0.2) is 0 Å². The van der Waals surface area contributed by atoms with Gasteiger partial charge in [0.1, 0.15) is 0 Å². The number of benzene rings is 2. The first-order chi connectivity index (χ1) is 11.7. The highest BCUT2D eigenvalue weighted by molar-refractivity contribution is 7.92. The van der Waals surface area contributed by atoms with Crippen molar-refractivity contribution in [2.75, 3.05) is 10.8 Å². The molecule has 0 spiro atoms. The summed E-state index contributed by atoms with van der Waals surface area (Å²) in [5.74, 6) is -2.94. The minimum atomic E-state index is -4.04. The highest BCUT2D eigenvalue weighted by atomic mass is 32.2. The summed E-state index contributed by atoms with van der Waals surface area (Å²) in [5.41, 5.74) is 0.277. The van der Waals surface area contributed by atoms with Crippen molar-refractivity contribution < 1.29 is 28.2 Å². The monoisotopic (exact) mass is 363 g/mol. The fourth-order valence-electron chi connectivity index (χ4n) is 2.45. The van der Waals surface area contributed by atoms with Crippen LogP contribution in [0.25, 0.3) is 0 Å². The number of carboxylic acids is 2. The lowest BCUT2D eigenvalue weighted by atomic mass is 10.1. The Morgan fingerprint density at radius 2 is 1.64 bits per heavy atom. The first kappa shape index (κ1) is 18.5. The van der Waals surface area contributed by atoms with Crippen molar-refractivity contribution >= 4 is 27.6 Å². The molecule has 2 rings (SSSR count). The molecule has 7 nitrogen and oxygen atoms in total. The number of anilines is 1. The molecule has 2 N–H and O–H groups in total. The van der Waals surface area contributed by atoms with Crippen LogP contribution in [0.4, 0.5) is 5.69 Å². The van der Waals surface area contributed by atoms with E-state index in [-0.39, 0.29) is 11.4 Å². The smallest absolute Gasteiger partial charge is 0.336 e. The van der Waals surface area contributed by atoms with Crippen molar-refractivity contribution in [1.29, 1.82) is 0 Å². The topological polar surface area (TPSA) is 112 Å². The maximum Gasteiger partial charge on any atom is 0.336 e. The van der Waals surface area contributed by atoms with Crippen LogP contribution < -0.4 is 4.31 Å². The molecule has 0 saturated carbocycles. The maximum atomic E-state index is 12.9. The number of carbonyl (C=O) groups is 2. The van der Waals surface area contributed by atoms with E-state index in [1.165, 1.54) is 0 Å². The Kier molecular flexibility index (Phi) is 5.13. The third-order valence-electron chi connectivity index (χ3n) is 3.62. The van der Waals surface area contributed by atoms with Gasteiger partial charge in [-0.15, -0.1) is 0 Å². The van der Waals surface area contributed by atoms with Gasteiger partial charge in [0.25, 0.3) is 10.0 Å². The number of hydrogen-bond donors (Lipinski definition) is 2. The molecule has 0 radical (unpaired) electrons. The summed E-state index contributed by atoms with van der Waals surface area (Å²) in [5, 5.41) is 18.2. The van der Waals surface area contributed by atoms with Gasteiger partial charge in [-0.1, -0.05) is 12.1 Å². The van der Waals surface area contributed by atoms with Gasteiger partial charge in [0.05, 0.1) is 21.7 Å². The average molecular weight is 363 g/mol. The predicted octanol–water partition coefficient (Wildman–Crippen LogP) is 2.61. The minimum absolute atomic E-state index is 0.134. The van der Waals surface area contributed by atoms with E-state index in [0.717, 1.165) is 28.1 Å². The standard InChI is InChI=1S/C17H17NO6S/c1-3-18(12-6-4-5-11(2)9-12)25(23,24)13-7-8-14(16(19)20)15(10-13)17(21)22/h4-10H,3H2,1-2H3,(H,19,20)(H,21,22). The number of aryl methyl sites for hydroxylation is 1. The molecule has 0 aliphatic heterocycles. The summed E-state index contributed by atoms with van der Waals surface area (Å²) in [6, 6.07) is 9.85. The lowest BCUT2D eigenvalue weighted by Crippen LogP contribution is -2.31.